The maximum Gasteiger partial charge on any atom is 0.348 e. The molecule has 1 unspecified atom stereocenters. The molecular weight excluding hydrogens is 370 g/mol. The molecule has 27 heavy (non-hydrogen) atoms. The van der Waals surface area contributed by atoms with Crippen LogP contribution in [0.3, 0.4) is 0 Å². The summed E-state index contributed by atoms with van der Waals surface area (Å²) in [4.78, 5) is 17.0. The molecule has 1 aromatic carbocycles. The van der Waals surface area contributed by atoms with Gasteiger partial charge in [0.05, 0.1) is 12.6 Å². The lowest BCUT2D eigenvalue weighted by Crippen LogP contribution is -2.33. The molecule has 1 saturated heterocycles. The molecule has 1 atom stereocenters. The molecule has 2 aromatic rings. The summed E-state index contributed by atoms with van der Waals surface area (Å²) in [5.74, 6) is -0.656. The zero-order valence-electron chi connectivity index (χ0n) is 15.0. The number of hydrogen-bond acceptors (Lipinski definition) is 4. The zero-order valence-corrected chi connectivity index (χ0v) is 15.9. The van der Waals surface area contributed by atoms with Crippen molar-refractivity contribution in [2.24, 2.45) is 0 Å². The first-order valence-corrected chi connectivity index (χ1v) is 10.4. The normalized spacial score (nSPS) is 19.3. The van der Waals surface area contributed by atoms with E-state index in [1.165, 1.54) is 17.8 Å². The lowest BCUT2D eigenvalue weighted by molar-refractivity contribution is 0.0947. The van der Waals surface area contributed by atoms with E-state index < -0.39 is 11.6 Å². The number of hydrogen-bond donors (Lipinski definition) is 0. The molecule has 1 aliphatic carbocycles. The van der Waals surface area contributed by atoms with E-state index in [1.807, 2.05) is 0 Å². The fourth-order valence-electron chi connectivity index (χ4n) is 3.85. The van der Waals surface area contributed by atoms with Crippen molar-refractivity contribution in [2.75, 3.05) is 6.61 Å². The van der Waals surface area contributed by atoms with Crippen LogP contribution in [0.4, 0.5) is 8.78 Å². The average Bonchev–Trinajstić information content (AvgIpc) is 3.18. The molecule has 4 nitrogen and oxygen atoms in total. The van der Waals surface area contributed by atoms with E-state index in [1.54, 1.807) is 4.57 Å². The van der Waals surface area contributed by atoms with E-state index >= 15 is 0 Å². The maximum atomic E-state index is 13.9. The van der Waals surface area contributed by atoms with Crippen LogP contribution < -0.4 is 5.69 Å². The number of ether oxygens (including phenoxy) is 1. The first kappa shape index (κ1) is 18.6. The highest BCUT2D eigenvalue weighted by molar-refractivity contribution is 7.98. The summed E-state index contributed by atoms with van der Waals surface area (Å²) in [6.07, 6.45) is 5.89. The summed E-state index contributed by atoms with van der Waals surface area (Å²) < 4.78 is 34.8. The van der Waals surface area contributed by atoms with Gasteiger partial charge in [0.1, 0.15) is 16.7 Å². The molecule has 144 valence electrons. The number of aromatic nitrogens is 2. The summed E-state index contributed by atoms with van der Waals surface area (Å²) in [6, 6.07) is 3.44. The Labute approximate surface area is 161 Å². The van der Waals surface area contributed by atoms with Crippen LogP contribution in [-0.4, -0.2) is 22.3 Å². The SMILES string of the molecule is O=c1nc(SCc2cc(F)ccc2F)c2c(n1CC1CCCO1)CCCC2. The topological polar surface area (TPSA) is 44.1 Å². The molecule has 7 heteroatoms. The molecule has 0 radical (unpaired) electrons. The summed E-state index contributed by atoms with van der Waals surface area (Å²) in [5, 5.41) is 0.655. The van der Waals surface area contributed by atoms with Crippen LogP contribution in [0, 0.1) is 11.6 Å². The Balaban J connectivity index is 1.62. The largest absolute Gasteiger partial charge is 0.376 e. The van der Waals surface area contributed by atoms with Gasteiger partial charge in [-0.05, 0) is 56.7 Å². The number of halogens is 2. The van der Waals surface area contributed by atoms with Crippen LogP contribution in [0.1, 0.15) is 42.5 Å². The molecule has 0 saturated carbocycles. The van der Waals surface area contributed by atoms with Gasteiger partial charge in [-0.3, -0.25) is 4.57 Å². The second kappa shape index (κ2) is 8.10. The third-order valence-electron chi connectivity index (χ3n) is 5.23. The minimum Gasteiger partial charge on any atom is -0.376 e. The van der Waals surface area contributed by atoms with Gasteiger partial charge in [0.2, 0.25) is 0 Å². The standard InChI is InChI=1S/C20H22F2N2O2S/c21-14-7-8-17(22)13(10-14)12-27-19-16-5-1-2-6-18(16)24(20(25)23-19)11-15-4-3-9-26-15/h7-8,10,15H,1-6,9,11-12H2. The number of benzene rings is 1. The predicted molar refractivity (Wildman–Crippen MR) is 100 cm³/mol. The molecule has 0 bridgehead atoms. The fraction of sp³-hybridized carbons (Fsp3) is 0.500. The van der Waals surface area contributed by atoms with Gasteiger partial charge in [-0.25, -0.2) is 13.6 Å². The molecule has 2 heterocycles. The number of fused-ring (bicyclic) bond motifs is 1. The Morgan fingerprint density at radius 2 is 2.07 bits per heavy atom. The average molecular weight is 392 g/mol. The maximum absolute atomic E-state index is 13.9. The molecule has 4 rings (SSSR count). The van der Waals surface area contributed by atoms with Gasteiger partial charge in [0.15, 0.2) is 0 Å². The lowest BCUT2D eigenvalue weighted by atomic mass is 9.97. The van der Waals surface area contributed by atoms with Crippen LogP contribution in [0.25, 0.3) is 0 Å². The third-order valence-corrected chi connectivity index (χ3v) is 6.30. The van der Waals surface area contributed by atoms with Crippen molar-refractivity contribution in [1.82, 2.24) is 9.55 Å². The van der Waals surface area contributed by atoms with Crippen molar-refractivity contribution < 1.29 is 13.5 Å². The number of nitrogens with zero attached hydrogens (tertiary/aromatic N) is 2. The van der Waals surface area contributed by atoms with Crippen molar-refractivity contribution >= 4 is 11.8 Å². The molecule has 0 N–H and O–H groups in total. The van der Waals surface area contributed by atoms with Gasteiger partial charge in [0.25, 0.3) is 0 Å². The van der Waals surface area contributed by atoms with Crippen molar-refractivity contribution in [3.05, 3.63) is 57.1 Å². The van der Waals surface area contributed by atoms with Gasteiger partial charge in [-0.15, -0.1) is 11.8 Å². The van der Waals surface area contributed by atoms with Crippen molar-refractivity contribution in [2.45, 2.75) is 62.0 Å². The van der Waals surface area contributed by atoms with Crippen LogP contribution in [0.5, 0.6) is 0 Å². The van der Waals surface area contributed by atoms with E-state index in [4.69, 9.17) is 4.74 Å². The summed E-state index contributed by atoms with van der Waals surface area (Å²) in [7, 11) is 0. The summed E-state index contributed by atoms with van der Waals surface area (Å²) in [6.45, 7) is 1.31. The molecule has 1 aliphatic heterocycles. The quantitative estimate of drug-likeness (QED) is 0.572. The van der Waals surface area contributed by atoms with E-state index in [2.05, 4.69) is 4.98 Å². The Kier molecular flexibility index (Phi) is 5.59. The predicted octanol–water partition coefficient (Wildman–Crippen LogP) is 3.87. The van der Waals surface area contributed by atoms with Gasteiger partial charge in [-0.2, -0.15) is 4.98 Å². The highest BCUT2D eigenvalue weighted by Crippen LogP contribution is 2.31. The summed E-state index contributed by atoms with van der Waals surface area (Å²) >= 11 is 1.31. The zero-order chi connectivity index (χ0) is 18.8. The van der Waals surface area contributed by atoms with Gasteiger partial charge in [-0.1, -0.05) is 0 Å². The van der Waals surface area contributed by atoms with Gasteiger partial charge < -0.3 is 4.74 Å². The van der Waals surface area contributed by atoms with Crippen LogP contribution in [0.2, 0.25) is 0 Å². The van der Waals surface area contributed by atoms with Crippen LogP contribution in [0.15, 0.2) is 28.0 Å². The smallest absolute Gasteiger partial charge is 0.348 e. The third kappa shape index (κ3) is 4.09. The Hall–Kier alpha value is -1.73. The fourth-order valence-corrected chi connectivity index (χ4v) is 4.90. The Morgan fingerprint density at radius 3 is 2.89 bits per heavy atom. The first-order chi connectivity index (χ1) is 13.1. The number of thioether (sulfide) groups is 1. The van der Waals surface area contributed by atoms with E-state index in [-0.39, 0.29) is 23.1 Å². The highest BCUT2D eigenvalue weighted by atomic mass is 32.2. The van der Waals surface area contributed by atoms with Crippen molar-refractivity contribution in [3.63, 3.8) is 0 Å². The molecule has 0 amide bonds. The second-order valence-corrected chi connectivity index (χ2v) is 8.07. The minimum atomic E-state index is -0.464. The van der Waals surface area contributed by atoms with Crippen LogP contribution >= 0.6 is 11.8 Å². The highest BCUT2D eigenvalue weighted by Gasteiger charge is 2.24. The van der Waals surface area contributed by atoms with Crippen LogP contribution in [-0.2, 0) is 29.9 Å². The molecule has 2 aliphatic rings. The molecule has 1 aromatic heterocycles. The Bertz CT molecular complexity index is 894. The van der Waals surface area contributed by atoms with E-state index in [0.29, 0.717) is 11.6 Å². The van der Waals surface area contributed by atoms with Crippen molar-refractivity contribution in [3.8, 4) is 0 Å². The molecule has 1 fully saturated rings. The minimum absolute atomic E-state index is 0.0791. The number of rotatable bonds is 5. The van der Waals surface area contributed by atoms with Gasteiger partial charge in [0, 0.05) is 29.2 Å². The van der Waals surface area contributed by atoms with E-state index in [9.17, 15) is 13.6 Å². The second-order valence-electron chi connectivity index (χ2n) is 7.10. The molecular formula is C20H22F2N2O2S. The first-order valence-electron chi connectivity index (χ1n) is 9.43. The summed E-state index contributed by atoms with van der Waals surface area (Å²) in [5.41, 5.74) is 2.14. The lowest BCUT2D eigenvalue weighted by Gasteiger charge is -2.24. The molecule has 0 spiro atoms. The van der Waals surface area contributed by atoms with Gasteiger partial charge >= 0.3 is 5.69 Å². The van der Waals surface area contributed by atoms with Crippen molar-refractivity contribution in [1.29, 1.82) is 0 Å². The van der Waals surface area contributed by atoms with E-state index in [0.717, 1.165) is 68.5 Å². The monoisotopic (exact) mass is 392 g/mol. The Morgan fingerprint density at radius 1 is 1.22 bits per heavy atom.